The fraction of sp³-hybridized carbons (Fsp3) is 0.143. The lowest BCUT2D eigenvalue weighted by Gasteiger charge is -2.14. The summed E-state index contributed by atoms with van der Waals surface area (Å²) in [6, 6.07) is 11.5. The Morgan fingerprint density at radius 3 is 2.80 bits per heavy atom. The van der Waals surface area contributed by atoms with Crippen molar-refractivity contribution in [1.82, 2.24) is 19.9 Å². The zero-order chi connectivity index (χ0) is 21.1. The number of amidine groups is 1. The summed E-state index contributed by atoms with van der Waals surface area (Å²) in [5.41, 5.74) is 10.7. The molecule has 3 heterocycles. The van der Waals surface area contributed by atoms with Crippen LogP contribution in [0.25, 0.3) is 22.3 Å². The van der Waals surface area contributed by atoms with Gasteiger partial charge in [0.15, 0.2) is 11.7 Å². The summed E-state index contributed by atoms with van der Waals surface area (Å²) >= 11 is 0. The van der Waals surface area contributed by atoms with Gasteiger partial charge >= 0.3 is 0 Å². The molecule has 3 aromatic heterocycles. The first-order chi connectivity index (χ1) is 14.6. The summed E-state index contributed by atoms with van der Waals surface area (Å²) in [6.45, 7) is 1.89. The summed E-state index contributed by atoms with van der Waals surface area (Å²) in [6.07, 6.45) is 3.19. The van der Waals surface area contributed by atoms with Crippen molar-refractivity contribution in [3.63, 3.8) is 0 Å². The van der Waals surface area contributed by atoms with E-state index in [0.717, 1.165) is 10.9 Å². The summed E-state index contributed by atoms with van der Waals surface area (Å²) in [5.74, 6) is 0.402. The number of fused-ring (bicyclic) bond motifs is 1. The van der Waals surface area contributed by atoms with Crippen molar-refractivity contribution in [3.8, 4) is 11.4 Å². The summed E-state index contributed by atoms with van der Waals surface area (Å²) in [7, 11) is 1.73. The van der Waals surface area contributed by atoms with Gasteiger partial charge in [0, 0.05) is 30.3 Å². The van der Waals surface area contributed by atoms with E-state index in [4.69, 9.17) is 5.53 Å². The number of aromatic nitrogens is 4. The van der Waals surface area contributed by atoms with Crippen molar-refractivity contribution in [2.75, 3.05) is 12.4 Å². The van der Waals surface area contributed by atoms with Gasteiger partial charge in [0.1, 0.15) is 11.5 Å². The number of nitrogens with one attached hydrogen (secondary N) is 3. The lowest BCUT2D eigenvalue weighted by molar-refractivity contribution is 0.629. The van der Waals surface area contributed by atoms with E-state index in [1.807, 2.05) is 31.2 Å². The third-order valence-electron chi connectivity index (χ3n) is 4.69. The van der Waals surface area contributed by atoms with Crippen molar-refractivity contribution in [2.24, 2.45) is 10.1 Å². The third-order valence-corrected chi connectivity index (χ3v) is 4.69. The Kier molecular flexibility index (Phi) is 5.25. The van der Waals surface area contributed by atoms with Crippen molar-refractivity contribution >= 4 is 22.6 Å². The molecule has 30 heavy (non-hydrogen) atoms. The second-order valence-corrected chi connectivity index (χ2v) is 6.59. The Labute approximate surface area is 171 Å². The van der Waals surface area contributed by atoms with Crippen molar-refractivity contribution in [2.45, 2.75) is 13.0 Å². The molecule has 4 aromatic rings. The van der Waals surface area contributed by atoms with Gasteiger partial charge in [-0.25, -0.2) is 19.9 Å². The Morgan fingerprint density at radius 2 is 2.07 bits per heavy atom. The first-order valence-corrected chi connectivity index (χ1v) is 9.29. The smallest absolute Gasteiger partial charge is 0.197 e. The second-order valence-electron chi connectivity index (χ2n) is 6.59. The van der Waals surface area contributed by atoms with Crippen LogP contribution in [0.1, 0.15) is 24.2 Å². The molecule has 0 unspecified atom stereocenters. The average Bonchev–Trinajstić information content (AvgIpc) is 3.25. The van der Waals surface area contributed by atoms with Gasteiger partial charge in [-0.05, 0) is 37.3 Å². The minimum atomic E-state index is -0.402. The maximum atomic E-state index is 13.8. The first kappa shape index (κ1) is 19.3. The van der Waals surface area contributed by atoms with E-state index in [9.17, 15) is 4.39 Å². The lowest BCUT2D eigenvalue weighted by Crippen LogP contribution is -2.06. The van der Waals surface area contributed by atoms with E-state index < -0.39 is 6.04 Å². The van der Waals surface area contributed by atoms with Crippen LogP contribution in [-0.2, 0) is 0 Å². The van der Waals surface area contributed by atoms with Crippen LogP contribution in [0.15, 0.2) is 65.1 Å². The number of pyridine rings is 2. The van der Waals surface area contributed by atoms with Gasteiger partial charge in [0.2, 0.25) is 0 Å². The molecular weight excluding hydrogens is 383 g/mol. The molecule has 0 aliphatic carbocycles. The molecule has 0 fully saturated rings. The number of rotatable bonds is 5. The molecule has 0 saturated heterocycles. The Hall–Kier alpha value is -4.01. The van der Waals surface area contributed by atoms with Gasteiger partial charge in [0.05, 0.1) is 29.3 Å². The average molecular weight is 402 g/mol. The highest BCUT2D eigenvalue weighted by atomic mass is 19.1. The Morgan fingerprint density at radius 1 is 1.20 bits per heavy atom. The second kappa shape index (κ2) is 8.16. The van der Waals surface area contributed by atoms with Crippen molar-refractivity contribution in [1.29, 1.82) is 5.53 Å². The predicted octanol–water partition coefficient (Wildman–Crippen LogP) is 4.74. The van der Waals surface area contributed by atoms with Crippen LogP contribution in [0, 0.1) is 11.3 Å². The molecule has 3 N–H and O–H groups in total. The van der Waals surface area contributed by atoms with Crippen molar-refractivity contribution in [3.05, 3.63) is 72.1 Å². The quantitative estimate of drug-likeness (QED) is 0.254. The molecule has 1 atom stereocenters. The summed E-state index contributed by atoms with van der Waals surface area (Å²) in [4.78, 5) is 20.8. The number of H-pyrrole nitrogens is 1. The molecule has 1 aromatic carbocycles. The highest BCUT2D eigenvalue weighted by molar-refractivity contribution is 6.01. The van der Waals surface area contributed by atoms with E-state index in [2.05, 4.69) is 35.4 Å². The van der Waals surface area contributed by atoms with Gasteiger partial charge in [0.25, 0.3) is 0 Å². The monoisotopic (exact) mass is 402 g/mol. The van der Waals surface area contributed by atoms with Crippen LogP contribution in [-0.4, -0.2) is 32.8 Å². The van der Waals surface area contributed by atoms with Gasteiger partial charge < -0.3 is 10.3 Å². The van der Waals surface area contributed by atoms with E-state index >= 15 is 0 Å². The molecule has 0 radical (unpaired) electrons. The first-order valence-electron chi connectivity index (χ1n) is 9.29. The number of anilines is 1. The third kappa shape index (κ3) is 3.64. The highest BCUT2D eigenvalue weighted by Gasteiger charge is 2.18. The standard InChI is InChI=1S/C21H19FN8/c1-12(28-21(30-23)19-20(24-2)27-11-26-19)15-9-13-6-7-14(22)10-17(13)29-18(15)16-5-3-4-8-25-16/h3-12,23-24H,1-2H3,(H,26,27)/t12-/m0/s1. The SMILES string of the molecule is CNc1nc[nH]c1C(N=N)=N[C@@H](C)c1cc2ccc(F)cc2nc1-c1ccccn1. The topological polar surface area (TPSA) is 115 Å². The van der Waals surface area contributed by atoms with Gasteiger partial charge in [-0.15, -0.1) is 5.11 Å². The van der Waals surface area contributed by atoms with Crippen LogP contribution in [0.3, 0.4) is 0 Å². The van der Waals surface area contributed by atoms with Crippen LogP contribution in [0.5, 0.6) is 0 Å². The number of aliphatic imine (C=N–C) groups is 1. The number of benzene rings is 1. The van der Waals surface area contributed by atoms with Gasteiger partial charge in [-0.1, -0.05) is 6.07 Å². The molecule has 0 saturated carbocycles. The fourth-order valence-corrected chi connectivity index (χ4v) is 3.24. The molecular formula is C21H19FN8. The minimum absolute atomic E-state index is 0.204. The van der Waals surface area contributed by atoms with Gasteiger partial charge in [-0.3, -0.25) is 9.98 Å². The number of imidazole rings is 1. The fourth-order valence-electron chi connectivity index (χ4n) is 3.24. The molecule has 8 nitrogen and oxygen atoms in total. The highest BCUT2D eigenvalue weighted by Crippen LogP contribution is 2.31. The van der Waals surface area contributed by atoms with Crippen LogP contribution in [0.2, 0.25) is 0 Å². The molecule has 0 aliphatic heterocycles. The molecule has 0 spiro atoms. The predicted molar refractivity (Wildman–Crippen MR) is 113 cm³/mol. The lowest BCUT2D eigenvalue weighted by atomic mass is 10.0. The summed E-state index contributed by atoms with van der Waals surface area (Å²) in [5, 5.41) is 7.32. The molecule has 150 valence electrons. The number of nitrogens with zero attached hydrogens (tertiary/aromatic N) is 5. The number of aromatic amines is 1. The maximum Gasteiger partial charge on any atom is 0.197 e. The number of halogens is 1. The largest absolute Gasteiger partial charge is 0.371 e. The zero-order valence-corrected chi connectivity index (χ0v) is 16.4. The van der Waals surface area contributed by atoms with E-state index in [-0.39, 0.29) is 11.7 Å². The van der Waals surface area contributed by atoms with E-state index in [0.29, 0.717) is 28.4 Å². The summed E-state index contributed by atoms with van der Waals surface area (Å²) < 4.78 is 13.8. The molecule has 0 bridgehead atoms. The van der Waals surface area contributed by atoms with E-state index in [1.54, 1.807) is 19.3 Å². The molecule has 0 aliphatic rings. The Bertz CT molecular complexity index is 1230. The van der Waals surface area contributed by atoms with Crippen molar-refractivity contribution < 1.29 is 4.39 Å². The Balaban J connectivity index is 1.88. The number of hydrogen-bond acceptors (Lipinski definition) is 6. The molecule has 0 amide bonds. The van der Waals surface area contributed by atoms with E-state index in [1.165, 1.54) is 18.5 Å². The number of hydrogen-bond donors (Lipinski definition) is 3. The normalized spacial score (nSPS) is 12.7. The van der Waals surface area contributed by atoms with Crippen LogP contribution < -0.4 is 5.32 Å². The minimum Gasteiger partial charge on any atom is -0.371 e. The van der Waals surface area contributed by atoms with Crippen LogP contribution >= 0.6 is 0 Å². The zero-order valence-electron chi connectivity index (χ0n) is 16.4. The molecule has 4 rings (SSSR count). The van der Waals surface area contributed by atoms with Gasteiger partial charge in [-0.2, -0.15) is 0 Å². The van der Waals surface area contributed by atoms with Crippen LogP contribution in [0.4, 0.5) is 10.2 Å². The molecule has 9 heteroatoms. The maximum absolute atomic E-state index is 13.8.